The smallest absolute Gasteiger partial charge is 0.305 e. The SMILES string of the molecule is CN(CCC(=O)O)C(=O)c1ccc(F)cc1. The molecule has 0 aliphatic rings. The van der Waals surface area contributed by atoms with E-state index in [4.69, 9.17) is 5.11 Å². The van der Waals surface area contributed by atoms with Crippen LogP contribution in [0.1, 0.15) is 16.8 Å². The molecule has 0 atom stereocenters. The van der Waals surface area contributed by atoms with Gasteiger partial charge in [-0.2, -0.15) is 0 Å². The van der Waals surface area contributed by atoms with Gasteiger partial charge in [-0.3, -0.25) is 9.59 Å². The molecule has 0 radical (unpaired) electrons. The number of carbonyl (C=O) groups excluding carboxylic acids is 1. The Hall–Kier alpha value is -1.91. The zero-order valence-corrected chi connectivity index (χ0v) is 8.81. The number of aliphatic carboxylic acids is 1. The third-order valence-corrected chi connectivity index (χ3v) is 2.10. The number of halogens is 1. The third kappa shape index (κ3) is 3.34. The number of hydrogen-bond acceptors (Lipinski definition) is 2. The van der Waals surface area contributed by atoms with Crippen LogP contribution in [0.25, 0.3) is 0 Å². The summed E-state index contributed by atoms with van der Waals surface area (Å²) in [6.45, 7) is 0.130. The summed E-state index contributed by atoms with van der Waals surface area (Å²) >= 11 is 0. The average molecular weight is 225 g/mol. The number of carboxylic acids is 1. The van der Waals surface area contributed by atoms with Gasteiger partial charge in [0.05, 0.1) is 6.42 Å². The molecular formula is C11H12FNO3. The lowest BCUT2D eigenvalue weighted by Gasteiger charge is -2.15. The number of benzene rings is 1. The minimum Gasteiger partial charge on any atom is -0.481 e. The Balaban J connectivity index is 2.63. The van der Waals surface area contributed by atoms with E-state index >= 15 is 0 Å². The van der Waals surface area contributed by atoms with E-state index < -0.39 is 11.8 Å². The van der Waals surface area contributed by atoms with Gasteiger partial charge in [0.25, 0.3) is 5.91 Å². The van der Waals surface area contributed by atoms with E-state index in [1.165, 1.54) is 36.2 Å². The van der Waals surface area contributed by atoms with Crippen molar-refractivity contribution in [3.05, 3.63) is 35.6 Å². The number of hydrogen-bond donors (Lipinski definition) is 1. The second kappa shape index (κ2) is 5.25. The first kappa shape index (κ1) is 12.2. The van der Waals surface area contributed by atoms with Crippen molar-refractivity contribution in [1.82, 2.24) is 4.90 Å². The lowest BCUT2D eigenvalue weighted by atomic mass is 10.2. The van der Waals surface area contributed by atoms with Gasteiger partial charge in [0.2, 0.25) is 0 Å². The van der Waals surface area contributed by atoms with Crippen LogP contribution in [0.3, 0.4) is 0 Å². The second-order valence-corrected chi connectivity index (χ2v) is 3.38. The molecule has 0 aliphatic heterocycles. The van der Waals surface area contributed by atoms with Gasteiger partial charge in [-0.1, -0.05) is 0 Å². The fourth-order valence-electron chi connectivity index (χ4n) is 1.18. The molecule has 0 aromatic heterocycles. The quantitative estimate of drug-likeness (QED) is 0.842. The first-order valence-electron chi connectivity index (χ1n) is 4.73. The number of carbonyl (C=O) groups is 2. The summed E-state index contributed by atoms with van der Waals surface area (Å²) in [5.41, 5.74) is 0.342. The van der Waals surface area contributed by atoms with E-state index in [1.54, 1.807) is 0 Å². The molecule has 1 aromatic carbocycles. The van der Waals surface area contributed by atoms with E-state index in [1.807, 2.05) is 0 Å². The molecule has 0 unspecified atom stereocenters. The summed E-state index contributed by atoms with van der Waals surface area (Å²) in [5.74, 6) is -1.69. The van der Waals surface area contributed by atoms with Crippen LogP contribution in [0.5, 0.6) is 0 Å². The molecule has 0 spiro atoms. The van der Waals surface area contributed by atoms with Gasteiger partial charge < -0.3 is 10.0 Å². The zero-order valence-electron chi connectivity index (χ0n) is 8.81. The van der Waals surface area contributed by atoms with Gasteiger partial charge in [-0.25, -0.2) is 4.39 Å². The van der Waals surface area contributed by atoms with Crippen LogP contribution in [-0.2, 0) is 4.79 Å². The van der Waals surface area contributed by atoms with Crippen LogP contribution in [0.4, 0.5) is 4.39 Å². The molecule has 86 valence electrons. The summed E-state index contributed by atoms with van der Waals surface area (Å²) in [4.78, 5) is 23.3. The van der Waals surface area contributed by atoms with Crippen molar-refractivity contribution in [2.45, 2.75) is 6.42 Å². The van der Waals surface area contributed by atoms with Gasteiger partial charge in [-0.15, -0.1) is 0 Å². The van der Waals surface area contributed by atoms with Crippen LogP contribution >= 0.6 is 0 Å². The molecule has 0 saturated carbocycles. The van der Waals surface area contributed by atoms with E-state index in [0.717, 1.165) is 0 Å². The maximum atomic E-state index is 12.6. The van der Waals surface area contributed by atoms with E-state index in [9.17, 15) is 14.0 Å². The number of rotatable bonds is 4. The molecule has 1 aromatic rings. The molecule has 4 nitrogen and oxygen atoms in total. The van der Waals surface area contributed by atoms with Gasteiger partial charge in [-0.05, 0) is 24.3 Å². The highest BCUT2D eigenvalue weighted by atomic mass is 19.1. The number of carboxylic acid groups (broad SMARTS) is 1. The first-order valence-corrected chi connectivity index (χ1v) is 4.73. The second-order valence-electron chi connectivity index (χ2n) is 3.38. The molecule has 0 bridgehead atoms. The monoisotopic (exact) mass is 225 g/mol. The first-order chi connectivity index (χ1) is 7.50. The molecule has 0 aliphatic carbocycles. The van der Waals surface area contributed by atoms with Gasteiger partial charge >= 0.3 is 5.97 Å². The van der Waals surface area contributed by atoms with E-state index in [-0.39, 0.29) is 18.9 Å². The maximum absolute atomic E-state index is 12.6. The number of amides is 1. The Morgan fingerprint density at radius 1 is 1.31 bits per heavy atom. The summed E-state index contributed by atoms with van der Waals surface area (Å²) in [6.07, 6.45) is -0.108. The summed E-state index contributed by atoms with van der Waals surface area (Å²) in [7, 11) is 1.51. The zero-order chi connectivity index (χ0) is 12.1. The topological polar surface area (TPSA) is 57.6 Å². The lowest BCUT2D eigenvalue weighted by molar-refractivity contribution is -0.137. The Labute approximate surface area is 92.3 Å². The lowest BCUT2D eigenvalue weighted by Crippen LogP contribution is -2.28. The fourth-order valence-corrected chi connectivity index (χ4v) is 1.18. The summed E-state index contributed by atoms with van der Waals surface area (Å²) < 4.78 is 12.6. The largest absolute Gasteiger partial charge is 0.481 e. The maximum Gasteiger partial charge on any atom is 0.305 e. The van der Waals surface area contributed by atoms with Crippen molar-refractivity contribution in [2.24, 2.45) is 0 Å². The Kier molecular flexibility index (Phi) is 3.99. The van der Waals surface area contributed by atoms with Crippen molar-refractivity contribution < 1.29 is 19.1 Å². The minimum absolute atomic E-state index is 0.108. The van der Waals surface area contributed by atoms with Crippen molar-refractivity contribution in [1.29, 1.82) is 0 Å². The molecule has 16 heavy (non-hydrogen) atoms. The van der Waals surface area contributed by atoms with Crippen LogP contribution in [0, 0.1) is 5.82 Å². The highest BCUT2D eigenvalue weighted by Crippen LogP contribution is 2.06. The van der Waals surface area contributed by atoms with Crippen LogP contribution < -0.4 is 0 Å². The van der Waals surface area contributed by atoms with Gasteiger partial charge in [0.15, 0.2) is 0 Å². The normalized spacial score (nSPS) is 9.88. The molecule has 0 fully saturated rings. The van der Waals surface area contributed by atoms with Crippen molar-refractivity contribution >= 4 is 11.9 Å². The van der Waals surface area contributed by atoms with Gasteiger partial charge in [0, 0.05) is 19.2 Å². The highest BCUT2D eigenvalue weighted by molar-refractivity contribution is 5.94. The molecule has 1 N–H and O–H groups in total. The molecular weight excluding hydrogens is 213 g/mol. The van der Waals surface area contributed by atoms with Crippen molar-refractivity contribution in [3.63, 3.8) is 0 Å². The third-order valence-electron chi connectivity index (χ3n) is 2.10. The standard InChI is InChI=1S/C11H12FNO3/c1-13(7-6-10(14)15)11(16)8-2-4-9(12)5-3-8/h2-5H,6-7H2,1H3,(H,14,15). The molecule has 5 heteroatoms. The highest BCUT2D eigenvalue weighted by Gasteiger charge is 2.12. The van der Waals surface area contributed by atoms with E-state index in [0.29, 0.717) is 5.56 Å². The minimum atomic E-state index is -0.959. The molecule has 1 amide bonds. The van der Waals surface area contributed by atoms with Crippen LogP contribution in [-0.4, -0.2) is 35.5 Å². The van der Waals surface area contributed by atoms with Crippen molar-refractivity contribution in [3.8, 4) is 0 Å². The summed E-state index contributed by atoms with van der Waals surface area (Å²) in [5, 5.41) is 8.46. The molecule has 1 rings (SSSR count). The Morgan fingerprint density at radius 2 is 1.88 bits per heavy atom. The molecule has 0 heterocycles. The Bertz CT molecular complexity index is 389. The average Bonchev–Trinajstić information content (AvgIpc) is 2.26. The van der Waals surface area contributed by atoms with Crippen LogP contribution in [0.2, 0.25) is 0 Å². The van der Waals surface area contributed by atoms with E-state index in [2.05, 4.69) is 0 Å². The van der Waals surface area contributed by atoms with Gasteiger partial charge in [0.1, 0.15) is 5.82 Å². The molecule has 0 saturated heterocycles. The predicted octanol–water partition coefficient (Wildman–Crippen LogP) is 1.37. The van der Waals surface area contributed by atoms with Crippen molar-refractivity contribution in [2.75, 3.05) is 13.6 Å². The fraction of sp³-hybridized carbons (Fsp3) is 0.273. The van der Waals surface area contributed by atoms with Crippen LogP contribution in [0.15, 0.2) is 24.3 Å². The predicted molar refractivity (Wildman–Crippen MR) is 55.6 cm³/mol. The Morgan fingerprint density at radius 3 is 2.38 bits per heavy atom. The summed E-state index contributed by atoms with van der Waals surface area (Å²) in [6, 6.07) is 5.13. The number of nitrogens with zero attached hydrogens (tertiary/aromatic N) is 1.